The number of alkyl carbamates (subject to hydrolysis) is 1. The number of carbonyl (C=O) groups is 1. The molecule has 0 saturated carbocycles. The fourth-order valence-corrected chi connectivity index (χ4v) is 3.71. The Kier molecular flexibility index (Phi) is 5.51. The third-order valence-electron chi connectivity index (χ3n) is 3.96. The number of ether oxygens (including phenoxy) is 1. The van der Waals surface area contributed by atoms with Crippen LogP contribution in [0.5, 0.6) is 0 Å². The highest BCUT2D eigenvalue weighted by molar-refractivity contribution is 7.15. The van der Waals surface area contributed by atoms with Crippen molar-refractivity contribution in [1.82, 2.24) is 14.7 Å². The largest absolute Gasteiger partial charge is 0.444 e. The van der Waals surface area contributed by atoms with Gasteiger partial charge in [0.2, 0.25) is 0 Å². The molecule has 0 spiro atoms. The van der Waals surface area contributed by atoms with Crippen LogP contribution in [0.1, 0.15) is 32.2 Å². The summed E-state index contributed by atoms with van der Waals surface area (Å²) >= 11 is 1.36. The Balaban J connectivity index is 1.96. The molecular weight excluding hydrogens is 381 g/mol. The van der Waals surface area contributed by atoms with Gasteiger partial charge in [-0.05, 0) is 45.4 Å². The summed E-state index contributed by atoms with van der Waals surface area (Å²) in [4.78, 5) is 30.2. The number of halogens is 1. The minimum Gasteiger partial charge on any atom is -0.444 e. The molecule has 2 heterocycles. The normalized spacial score (nSPS) is 11.6. The highest BCUT2D eigenvalue weighted by Gasteiger charge is 2.19. The minimum atomic E-state index is -0.596. The first-order valence-electron chi connectivity index (χ1n) is 8.88. The molecule has 3 rings (SSSR count). The van der Waals surface area contributed by atoms with Crippen molar-refractivity contribution < 1.29 is 13.9 Å². The van der Waals surface area contributed by atoms with Crippen molar-refractivity contribution in [2.45, 2.75) is 39.7 Å². The Morgan fingerprint density at radius 1 is 1.36 bits per heavy atom. The number of hydrogen-bond acceptors (Lipinski definition) is 5. The molecule has 28 heavy (non-hydrogen) atoms. The maximum absolute atomic E-state index is 13.8. The van der Waals surface area contributed by atoms with Crippen molar-refractivity contribution in [3.63, 3.8) is 0 Å². The van der Waals surface area contributed by atoms with Crippen LogP contribution in [0, 0.1) is 12.7 Å². The Morgan fingerprint density at radius 2 is 2.11 bits per heavy atom. The number of fused-ring (bicyclic) bond motifs is 1. The van der Waals surface area contributed by atoms with Gasteiger partial charge in [0.05, 0.1) is 11.3 Å². The number of amides is 1. The Hall–Kier alpha value is -2.74. The Labute approximate surface area is 166 Å². The summed E-state index contributed by atoms with van der Waals surface area (Å²) in [5, 5.41) is 4.52. The van der Waals surface area contributed by atoms with E-state index in [2.05, 4.69) is 10.3 Å². The summed E-state index contributed by atoms with van der Waals surface area (Å²) < 4.78 is 20.5. The standard InChI is InChI=1S/C20H22FN3O3S/c1-12-11-28-18-23-15(8-9-22-19(26)27-20(2,3)4)16(17(25)24(12)18)13-6-5-7-14(21)10-13/h5-7,10-11H,8-9H2,1-4H3,(H,22,26). The van der Waals surface area contributed by atoms with Gasteiger partial charge in [-0.3, -0.25) is 9.20 Å². The third-order valence-corrected chi connectivity index (χ3v) is 4.90. The summed E-state index contributed by atoms with van der Waals surface area (Å²) in [6, 6.07) is 5.88. The van der Waals surface area contributed by atoms with Crippen molar-refractivity contribution in [1.29, 1.82) is 0 Å². The highest BCUT2D eigenvalue weighted by atomic mass is 32.1. The van der Waals surface area contributed by atoms with E-state index in [1.165, 1.54) is 27.9 Å². The second kappa shape index (κ2) is 7.71. The fraction of sp³-hybridized carbons (Fsp3) is 0.350. The molecule has 0 fully saturated rings. The van der Waals surface area contributed by atoms with Crippen LogP contribution in [0.4, 0.5) is 9.18 Å². The molecule has 3 aromatic rings. The van der Waals surface area contributed by atoms with E-state index < -0.39 is 17.5 Å². The first kappa shape index (κ1) is 20.0. The zero-order chi connectivity index (χ0) is 20.5. The number of benzene rings is 1. The van der Waals surface area contributed by atoms with Crippen LogP contribution in [-0.4, -0.2) is 27.6 Å². The molecule has 0 bridgehead atoms. The predicted molar refractivity (Wildman–Crippen MR) is 107 cm³/mol. The van der Waals surface area contributed by atoms with E-state index in [0.717, 1.165) is 5.69 Å². The monoisotopic (exact) mass is 403 g/mol. The van der Waals surface area contributed by atoms with Gasteiger partial charge in [-0.25, -0.2) is 14.2 Å². The Morgan fingerprint density at radius 3 is 2.79 bits per heavy atom. The lowest BCUT2D eigenvalue weighted by molar-refractivity contribution is 0.0528. The molecule has 0 unspecified atom stereocenters. The van der Waals surface area contributed by atoms with Crippen molar-refractivity contribution in [3.8, 4) is 11.1 Å². The van der Waals surface area contributed by atoms with Gasteiger partial charge in [0.15, 0.2) is 4.96 Å². The molecule has 0 radical (unpaired) electrons. The van der Waals surface area contributed by atoms with Crippen molar-refractivity contribution in [2.24, 2.45) is 0 Å². The summed E-state index contributed by atoms with van der Waals surface area (Å²) in [6.45, 7) is 7.41. The van der Waals surface area contributed by atoms with E-state index in [1.807, 2.05) is 12.3 Å². The number of aryl methyl sites for hydroxylation is 1. The molecule has 2 aromatic heterocycles. The quantitative estimate of drug-likeness (QED) is 0.716. The number of nitrogens with one attached hydrogen (secondary N) is 1. The van der Waals surface area contributed by atoms with Crippen LogP contribution < -0.4 is 10.9 Å². The van der Waals surface area contributed by atoms with E-state index in [4.69, 9.17) is 4.74 Å². The van der Waals surface area contributed by atoms with E-state index in [0.29, 0.717) is 28.2 Å². The molecule has 1 N–H and O–H groups in total. The van der Waals surface area contributed by atoms with Crippen molar-refractivity contribution in [3.05, 3.63) is 57.2 Å². The van der Waals surface area contributed by atoms with Crippen molar-refractivity contribution >= 4 is 22.4 Å². The first-order valence-corrected chi connectivity index (χ1v) is 9.76. The Bertz CT molecular complexity index is 1080. The maximum atomic E-state index is 13.8. The number of aromatic nitrogens is 2. The fourth-order valence-electron chi connectivity index (χ4n) is 2.84. The van der Waals surface area contributed by atoms with E-state index in [-0.39, 0.29) is 12.1 Å². The molecule has 1 amide bonds. The zero-order valence-corrected chi connectivity index (χ0v) is 17.0. The number of rotatable bonds is 4. The molecule has 8 heteroatoms. The lowest BCUT2D eigenvalue weighted by atomic mass is 10.0. The van der Waals surface area contributed by atoms with Gasteiger partial charge < -0.3 is 10.1 Å². The van der Waals surface area contributed by atoms with Crippen LogP contribution in [0.25, 0.3) is 16.1 Å². The van der Waals surface area contributed by atoms with Gasteiger partial charge in [-0.1, -0.05) is 12.1 Å². The second-order valence-corrected chi connectivity index (χ2v) is 8.26. The summed E-state index contributed by atoms with van der Waals surface area (Å²) in [7, 11) is 0. The van der Waals surface area contributed by atoms with E-state index >= 15 is 0 Å². The van der Waals surface area contributed by atoms with Crippen LogP contribution in [-0.2, 0) is 11.2 Å². The zero-order valence-electron chi connectivity index (χ0n) is 16.2. The van der Waals surface area contributed by atoms with Crippen LogP contribution in [0.15, 0.2) is 34.4 Å². The molecule has 1 aromatic carbocycles. The first-order chi connectivity index (χ1) is 13.2. The van der Waals surface area contributed by atoms with Crippen LogP contribution in [0.2, 0.25) is 0 Å². The molecule has 0 aliphatic rings. The second-order valence-electron chi connectivity index (χ2n) is 7.42. The van der Waals surface area contributed by atoms with Crippen LogP contribution >= 0.6 is 11.3 Å². The van der Waals surface area contributed by atoms with Gasteiger partial charge in [-0.15, -0.1) is 11.3 Å². The highest BCUT2D eigenvalue weighted by Crippen LogP contribution is 2.23. The van der Waals surface area contributed by atoms with E-state index in [9.17, 15) is 14.0 Å². The van der Waals surface area contributed by atoms with Gasteiger partial charge in [0.25, 0.3) is 5.56 Å². The molecular formula is C20H22FN3O3S. The van der Waals surface area contributed by atoms with Gasteiger partial charge in [0.1, 0.15) is 11.4 Å². The minimum absolute atomic E-state index is 0.240. The van der Waals surface area contributed by atoms with E-state index in [1.54, 1.807) is 32.9 Å². The average Bonchev–Trinajstić information content (AvgIpc) is 2.94. The van der Waals surface area contributed by atoms with Gasteiger partial charge >= 0.3 is 6.09 Å². The summed E-state index contributed by atoms with van der Waals surface area (Å²) in [6.07, 6.45) is -0.224. The third kappa shape index (κ3) is 4.39. The lowest BCUT2D eigenvalue weighted by Crippen LogP contribution is -2.34. The molecule has 0 atom stereocenters. The predicted octanol–water partition coefficient (Wildman–Crippen LogP) is 3.94. The molecule has 0 aliphatic heterocycles. The SMILES string of the molecule is Cc1csc2nc(CCNC(=O)OC(C)(C)C)c(-c3cccc(F)c3)c(=O)n12. The smallest absolute Gasteiger partial charge is 0.407 e. The lowest BCUT2D eigenvalue weighted by Gasteiger charge is -2.19. The number of carbonyl (C=O) groups excluding carboxylic acids is 1. The molecule has 6 nitrogen and oxygen atoms in total. The number of nitrogens with zero attached hydrogens (tertiary/aromatic N) is 2. The summed E-state index contributed by atoms with van der Waals surface area (Å²) in [5.41, 5.74) is 1.24. The topological polar surface area (TPSA) is 72.7 Å². The van der Waals surface area contributed by atoms with Crippen LogP contribution in [0.3, 0.4) is 0 Å². The maximum Gasteiger partial charge on any atom is 0.407 e. The average molecular weight is 403 g/mol. The van der Waals surface area contributed by atoms with Gasteiger partial charge in [0, 0.05) is 24.0 Å². The number of hydrogen-bond donors (Lipinski definition) is 1. The number of thiazole rings is 1. The molecule has 0 aliphatic carbocycles. The molecule has 0 saturated heterocycles. The molecule has 148 valence electrons. The van der Waals surface area contributed by atoms with Gasteiger partial charge in [-0.2, -0.15) is 0 Å². The summed E-state index contributed by atoms with van der Waals surface area (Å²) in [5.74, 6) is -0.429. The van der Waals surface area contributed by atoms with Crippen molar-refractivity contribution in [2.75, 3.05) is 6.54 Å².